The van der Waals surface area contributed by atoms with Gasteiger partial charge in [-0.1, -0.05) is 25.5 Å². The fourth-order valence-electron chi connectivity index (χ4n) is 2.07. The fourth-order valence-corrected chi connectivity index (χ4v) is 2.07. The van der Waals surface area contributed by atoms with E-state index in [2.05, 4.69) is 70.3 Å². The van der Waals surface area contributed by atoms with E-state index in [1.807, 2.05) is 12.2 Å². The van der Waals surface area contributed by atoms with Gasteiger partial charge in [0.05, 0.1) is 0 Å². The molecule has 0 amide bonds. The molecule has 1 aliphatic carbocycles. The van der Waals surface area contributed by atoms with Gasteiger partial charge in [0.1, 0.15) is 0 Å². The summed E-state index contributed by atoms with van der Waals surface area (Å²) >= 11 is 1.74. The maximum atomic E-state index is 2.99. The first-order valence-electron chi connectivity index (χ1n) is 7.28. The van der Waals surface area contributed by atoms with Crippen molar-refractivity contribution in [3.63, 3.8) is 0 Å². The molecule has 0 aromatic heterocycles. The van der Waals surface area contributed by atoms with Crippen molar-refractivity contribution in [3.8, 4) is 0 Å². The minimum Gasteiger partial charge on any atom is -0.273 e. The summed E-state index contributed by atoms with van der Waals surface area (Å²) in [7, 11) is 0. The zero-order valence-electron chi connectivity index (χ0n) is 14.6. The predicted octanol–water partition coefficient (Wildman–Crippen LogP) is 6.42. The summed E-state index contributed by atoms with van der Waals surface area (Å²) in [4.78, 5) is 0. The van der Waals surface area contributed by atoms with E-state index in [9.17, 15) is 0 Å². The maximum absolute atomic E-state index is 2.99. The normalized spacial score (nSPS) is 10.7. The molecular formula is C19H26Cl2SiZr. The quantitative estimate of drug-likeness (QED) is 0.325. The molecule has 23 heavy (non-hydrogen) atoms. The van der Waals surface area contributed by atoms with Crippen molar-refractivity contribution in [2.75, 3.05) is 0 Å². The number of halogens is 2. The molecule has 2 aromatic carbocycles. The van der Waals surface area contributed by atoms with E-state index >= 15 is 0 Å². The SMILES string of the molecule is C[Si](C)=[Zr+2].Cc1cc2c(C)ccc(C)c2[cH-]1.Cl.Cl.[C-]1=CC=CC1. The molecule has 0 saturated heterocycles. The minimum absolute atomic E-state index is 0. The first-order valence-corrected chi connectivity index (χ1v) is 13.5. The smallest absolute Gasteiger partial charge is 0.0488 e. The van der Waals surface area contributed by atoms with Crippen LogP contribution in [-0.4, -0.2) is 5.43 Å². The van der Waals surface area contributed by atoms with E-state index in [4.69, 9.17) is 0 Å². The average Bonchev–Trinajstić information content (AvgIpc) is 3.05. The Bertz CT molecular complexity index is 616. The van der Waals surface area contributed by atoms with Gasteiger partial charge in [-0.3, -0.25) is 6.08 Å². The van der Waals surface area contributed by atoms with Crippen LogP contribution in [0.3, 0.4) is 0 Å². The molecule has 3 rings (SSSR count). The van der Waals surface area contributed by atoms with Crippen molar-refractivity contribution in [2.45, 2.75) is 40.3 Å². The summed E-state index contributed by atoms with van der Waals surface area (Å²) in [6, 6.07) is 8.91. The molecule has 0 atom stereocenters. The average molecular weight is 445 g/mol. The molecule has 124 valence electrons. The van der Waals surface area contributed by atoms with Gasteiger partial charge in [0.25, 0.3) is 0 Å². The Kier molecular flexibility index (Phi) is 14.6. The van der Waals surface area contributed by atoms with Crippen molar-refractivity contribution in [3.05, 3.63) is 65.3 Å². The Morgan fingerprint density at radius 3 is 2.04 bits per heavy atom. The van der Waals surface area contributed by atoms with Crippen LogP contribution in [0.25, 0.3) is 10.8 Å². The number of hydrogen-bond acceptors (Lipinski definition) is 0. The zero-order valence-corrected chi connectivity index (χ0v) is 19.7. The first kappa shape index (κ1) is 25.2. The molecule has 2 aromatic rings. The van der Waals surface area contributed by atoms with Crippen molar-refractivity contribution >= 4 is 41.0 Å². The number of rotatable bonds is 0. The fraction of sp³-hybridized carbons (Fsp3) is 0.316. The molecule has 0 saturated carbocycles. The molecule has 4 heteroatoms. The second-order valence-corrected chi connectivity index (χ2v) is 14.9. The molecule has 0 heterocycles. The monoisotopic (exact) mass is 442 g/mol. The summed E-state index contributed by atoms with van der Waals surface area (Å²) < 4.78 is 0. The molecule has 0 unspecified atom stereocenters. The minimum atomic E-state index is 0. The Morgan fingerprint density at radius 1 is 1.09 bits per heavy atom. The number of allylic oxidation sites excluding steroid dienone is 4. The third kappa shape index (κ3) is 9.77. The van der Waals surface area contributed by atoms with Crippen LogP contribution in [0.2, 0.25) is 13.1 Å². The summed E-state index contributed by atoms with van der Waals surface area (Å²) in [5, 5.41) is 2.82. The van der Waals surface area contributed by atoms with Crippen LogP contribution in [0.5, 0.6) is 0 Å². The molecule has 0 spiro atoms. The van der Waals surface area contributed by atoms with Gasteiger partial charge >= 0.3 is 41.9 Å². The Morgan fingerprint density at radius 2 is 1.65 bits per heavy atom. The second-order valence-electron chi connectivity index (χ2n) is 5.56. The van der Waals surface area contributed by atoms with Crippen LogP contribution in [0.4, 0.5) is 0 Å². The molecule has 0 bridgehead atoms. The van der Waals surface area contributed by atoms with Gasteiger partial charge in [0.2, 0.25) is 0 Å². The maximum Gasteiger partial charge on any atom is -0.0488 e. The standard InChI is InChI=1S/C12H13.C5H5.C2H6Si.2ClH.Zr/c1-8-6-11-9(2)4-5-10(3)12(11)7-8;1-2-4-5-3-1;1-3-2;;;/h4-7H,1-3H3;1-3H,4H2;1-2H3;2*1H;/q2*-1;;;;+2. The van der Waals surface area contributed by atoms with Gasteiger partial charge in [-0.25, -0.2) is 12.2 Å². The molecule has 1 aliphatic rings. The molecule has 0 radical (unpaired) electrons. The van der Waals surface area contributed by atoms with E-state index in [-0.39, 0.29) is 30.2 Å². The van der Waals surface area contributed by atoms with Crippen molar-refractivity contribution in [2.24, 2.45) is 0 Å². The van der Waals surface area contributed by atoms with Gasteiger partial charge in [0, 0.05) is 0 Å². The summed E-state index contributed by atoms with van der Waals surface area (Å²) in [5.41, 5.74) is 4.33. The number of fused-ring (bicyclic) bond motifs is 1. The van der Waals surface area contributed by atoms with Gasteiger partial charge in [-0.05, 0) is 6.92 Å². The third-order valence-corrected chi connectivity index (χ3v) is 3.05. The van der Waals surface area contributed by atoms with Gasteiger partial charge in [-0.15, -0.1) is 65.3 Å². The number of benzene rings is 1. The molecule has 0 N–H and O–H groups in total. The predicted molar refractivity (Wildman–Crippen MR) is 107 cm³/mol. The molecule has 0 nitrogen and oxygen atoms in total. The van der Waals surface area contributed by atoms with Crippen LogP contribution in [-0.2, 0) is 23.3 Å². The second kappa shape index (κ2) is 13.3. The van der Waals surface area contributed by atoms with Crippen molar-refractivity contribution < 1.29 is 23.3 Å². The van der Waals surface area contributed by atoms with Crippen LogP contribution >= 0.6 is 24.8 Å². The number of aryl methyl sites for hydroxylation is 3. The van der Waals surface area contributed by atoms with E-state index in [1.165, 1.54) is 27.5 Å². The molecule has 0 fully saturated rings. The molecular weight excluding hydrogens is 418 g/mol. The third-order valence-electron chi connectivity index (χ3n) is 3.05. The first-order chi connectivity index (χ1) is 9.91. The van der Waals surface area contributed by atoms with E-state index in [0.717, 1.165) is 6.42 Å². The summed E-state index contributed by atoms with van der Waals surface area (Å²) in [5.74, 6) is 0. The Labute approximate surface area is 169 Å². The van der Waals surface area contributed by atoms with Crippen LogP contribution < -0.4 is 0 Å². The van der Waals surface area contributed by atoms with Crippen molar-refractivity contribution in [1.29, 1.82) is 0 Å². The topological polar surface area (TPSA) is 0 Å². The van der Waals surface area contributed by atoms with Crippen LogP contribution in [0.1, 0.15) is 23.1 Å². The largest absolute Gasteiger partial charge is 0.273 e. The van der Waals surface area contributed by atoms with Crippen LogP contribution in [0, 0.1) is 26.8 Å². The van der Waals surface area contributed by atoms with Gasteiger partial charge < -0.3 is 0 Å². The van der Waals surface area contributed by atoms with E-state index < -0.39 is 0 Å². The van der Waals surface area contributed by atoms with Crippen molar-refractivity contribution in [1.82, 2.24) is 0 Å². The van der Waals surface area contributed by atoms with E-state index in [1.54, 1.807) is 23.3 Å². The van der Waals surface area contributed by atoms with Gasteiger partial charge in [-0.2, -0.15) is 12.1 Å². The van der Waals surface area contributed by atoms with Crippen LogP contribution in [0.15, 0.2) is 42.5 Å². The Hall–Kier alpha value is -0.0100. The number of hydrogen-bond donors (Lipinski definition) is 0. The zero-order chi connectivity index (χ0) is 15.8. The summed E-state index contributed by atoms with van der Waals surface area (Å²) in [6.45, 7) is 11.1. The van der Waals surface area contributed by atoms with Gasteiger partial charge in [0.15, 0.2) is 0 Å². The Balaban J connectivity index is 0. The molecule has 0 aliphatic heterocycles. The summed E-state index contributed by atoms with van der Waals surface area (Å²) in [6.07, 6.45) is 10.0. The van der Waals surface area contributed by atoms with E-state index in [0.29, 0.717) is 0 Å².